The molecule has 1 heterocycles. The van der Waals surface area contributed by atoms with Gasteiger partial charge in [0.15, 0.2) is 0 Å². The van der Waals surface area contributed by atoms with Crippen molar-refractivity contribution in [2.45, 2.75) is 18.0 Å². The smallest absolute Gasteiger partial charge is 0.242 e. The van der Waals surface area contributed by atoms with Gasteiger partial charge in [-0.3, -0.25) is 4.68 Å². The quantitative estimate of drug-likeness (QED) is 0.831. The topological polar surface area (TPSA) is 90.0 Å². The fourth-order valence-electron chi connectivity index (χ4n) is 1.69. The van der Waals surface area contributed by atoms with Crippen LogP contribution >= 0.6 is 11.6 Å². The molecule has 0 radical (unpaired) electrons. The Balaban J connectivity index is 2.06. The van der Waals surface area contributed by atoms with Crippen LogP contribution in [0.2, 0.25) is 5.02 Å². The van der Waals surface area contributed by atoms with E-state index in [1.165, 1.54) is 6.07 Å². The van der Waals surface area contributed by atoms with Gasteiger partial charge in [-0.05, 0) is 23.8 Å². The van der Waals surface area contributed by atoms with E-state index in [0.717, 1.165) is 5.56 Å². The lowest BCUT2D eigenvalue weighted by Crippen LogP contribution is -2.27. The Morgan fingerprint density at radius 2 is 2.20 bits per heavy atom. The molecule has 0 aliphatic heterocycles. The molecule has 0 saturated carbocycles. The van der Waals surface area contributed by atoms with Gasteiger partial charge in [0.1, 0.15) is 4.90 Å². The summed E-state index contributed by atoms with van der Waals surface area (Å²) in [5.74, 6) is 0. The minimum Gasteiger partial charge on any atom is -0.326 e. The van der Waals surface area contributed by atoms with E-state index < -0.39 is 10.0 Å². The molecule has 2 rings (SSSR count). The summed E-state index contributed by atoms with van der Waals surface area (Å²) in [4.78, 5) is 0.0526. The van der Waals surface area contributed by atoms with Crippen molar-refractivity contribution in [1.29, 1.82) is 0 Å². The fourth-order valence-corrected chi connectivity index (χ4v) is 3.28. The summed E-state index contributed by atoms with van der Waals surface area (Å²) in [5.41, 5.74) is 6.26. The molecule has 1 aromatic carbocycles. The van der Waals surface area contributed by atoms with E-state index in [-0.39, 0.29) is 16.5 Å². The Morgan fingerprint density at radius 3 is 2.80 bits per heavy atom. The van der Waals surface area contributed by atoms with Crippen molar-refractivity contribution in [1.82, 2.24) is 14.5 Å². The van der Waals surface area contributed by atoms with E-state index >= 15 is 0 Å². The van der Waals surface area contributed by atoms with E-state index in [4.69, 9.17) is 17.3 Å². The Labute approximate surface area is 122 Å². The summed E-state index contributed by atoms with van der Waals surface area (Å²) < 4.78 is 28.4. The standard InChI is InChI=1S/C12H15ClN4O2S/c13-11-8-10(9-14)2-3-12(11)20(18,19)16-5-7-17-6-1-4-15-17/h1-4,6,8,16H,5,7,9,14H2. The second-order valence-corrected chi connectivity index (χ2v) is 6.28. The van der Waals surface area contributed by atoms with Gasteiger partial charge in [0.2, 0.25) is 10.0 Å². The van der Waals surface area contributed by atoms with Crippen molar-refractivity contribution in [2.75, 3.05) is 6.54 Å². The van der Waals surface area contributed by atoms with Crippen molar-refractivity contribution < 1.29 is 8.42 Å². The van der Waals surface area contributed by atoms with Gasteiger partial charge in [0.05, 0.1) is 11.6 Å². The largest absolute Gasteiger partial charge is 0.326 e. The van der Waals surface area contributed by atoms with Crippen LogP contribution in [0.25, 0.3) is 0 Å². The third kappa shape index (κ3) is 3.57. The first-order valence-electron chi connectivity index (χ1n) is 5.98. The van der Waals surface area contributed by atoms with Gasteiger partial charge >= 0.3 is 0 Å². The SMILES string of the molecule is NCc1ccc(S(=O)(=O)NCCn2cccn2)c(Cl)c1. The predicted octanol–water partition coefficient (Wildman–Crippen LogP) is 0.974. The first-order valence-corrected chi connectivity index (χ1v) is 7.84. The molecule has 20 heavy (non-hydrogen) atoms. The summed E-state index contributed by atoms with van der Waals surface area (Å²) in [6, 6.07) is 6.44. The first-order chi connectivity index (χ1) is 9.53. The van der Waals surface area contributed by atoms with E-state index in [9.17, 15) is 8.42 Å². The second kappa shape index (κ2) is 6.36. The van der Waals surface area contributed by atoms with Gasteiger partial charge in [-0.1, -0.05) is 17.7 Å². The number of aromatic nitrogens is 2. The van der Waals surface area contributed by atoms with Crippen LogP contribution in [0, 0.1) is 0 Å². The van der Waals surface area contributed by atoms with Crippen molar-refractivity contribution in [3.63, 3.8) is 0 Å². The number of nitrogens with two attached hydrogens (primary N) is 1. The van der Waals surface area contributed by atoms with Crippen molar-refractivity contribution in [2.24, 2.45) is 5.73 Å². The molecule has 0 bridgehead atoms. The molecule has 1 aromatic heterocycles. The highest BCUT2D eigenvalue weighted by Crippen LogP contribution is 2.22. The lowest BCUT2D eigenvalue weighted by molar-refractivity contribution is 0.561. The second-order valence-electron chi connectivity index (χ2n) is 4.14. The molecular weight excluding hydrogens is 300 g/mol. The summed E-state index contributed by atoms with van der Waals surface area (Å²) in [6.45, 7) is 0.997. The number of hydrogen-bond acceptors (Lipinski definition) is 4. The zero-order chi connectivity index (χ0) is 14.6. The van der Waals surface area contributed by atoms with Gasteiger partial charge in [0.25, 0.3) is 0 Å². The fraction of sp³-hybridized carbons (Fsp3) is 0.250. The third-order valence-electron chi connectivity index (χ3n) is 2.71. The Hall–Kier alpha value is -1.41. The lowest BCUT2D eigenvalue weighted by Gasteiger charge is -2.09. The van der Waals surface area contributed by atoms with Crippen molar-refractivity contribution in [3.8, 4) is 0 Å². The zero-order valence-corrected chi connectivity index (χ0v) is 12.2. The van der Waals surface area contributed by atoms with Crippen LogP contribution < -0.4 is 10.5 Å². The molecule has 3 N–H and O–H groups in total. The van der Waals surface area contributed by atoms with E-state index in [2.05, 4.69) is 9.82 Å². The normalized spacial score (nSPS) is 11.7. The molecule has 0 atom stereocenters. The van der Waals surface area contributed by atoms with Gasteiger partial charge < -0.3 is 5.73 Å². The highest BCUT2D eigenvalue weighted by Gasteiger charge is 2.17. The molecule has 0 saturated heterocycles. The zero-order valence-electron chi connectivity index (χ0n) is 10.7. The van der Waals surface area contributed by atoms with Gasteiger partial charge in [-0.25, -0.2) is 13.1 Å². The van der Waals surface area contributed by atoms with Crippen LogP contribution in [0.4, 0.5) is 0 Å². The maximum absolute atomic E-state index is 12.1. The molecule has 0 aliphatic rings. The molecule has 6 nitrogen and oxygen atoms in total. The van der Waals surface area contributed by atoms with Crippen LogP contribution in [0.15, 0.2) is 41.6 Å². The van der Waals surface area contributed by atoms with Crippen LogP contribution in [0.3, 0.4) is 0 Å². The molecule has 0 spiro atoms. The summed E-state index contributed by atoms with van der Waals surface area (Å²) in [6.07, 6.45) is 3.40. The van der Waals surface area contributed by atoms with Crippen LogP contribution in [-0.4, -0.2) is 24.7 Å². The van der Waals surface area contributed by atoms with Crippen LogP contribution in [0.1, 0.15) is 5.56 Å². The monoisotopic (exact) mass is 314 g/mol. The molecule has 108 valence electrons. The lowest BCUT2D eigenvalue weighted by atomic mass is 10.2. The van der Waals surface area contributed by atoms with E-state index in [1.807, 2.05) is 0 Å². The number of hydrogen-bond donors (Lipinski definition) is 2. The molecule has 0 aliphatic carbocycles. The molecule has 0 amide bonds. The number of rotatable bonds is 6. The molecule has 0 unspecified atom stereocenters. The number of nitrogens with one attached hydrogen (secondary N) is 1. The Bertz CT molecular complexity index is 671. The molecular formula is C12H15ClN4O2S. The molecule has 0 fully saturated rings. The van der Waals surface area contributed by atoms with Gasteiger partial charge in [0, 0.05) is 25.5 Å². The number of halogens is 1. The highest BCUT2D eigenvalue weighted by molar-refractivity contribution is 7.89. The Morgan fingerprint density at radius 1 is 1.40 bits per heavy atom. The van der Waals surface area contributed by atoms with Crippen LogP contribution in [0.5, 0.6) is 0 Å². The number of nitrogens with zero attached hydrogens (tertiary/aromatic N) is 2. The number of sulfonamides is 1. The molecule has 2 aromatic rings. The average molecular weight is 315 g/mol. The maximum atomic E-state index is 12.1. The summed E-state index contributed by atoms with van der Waals surface area (Å²) >= 11 is 5.98. The minimum atomic E-state index is -3.63. The summed E-state index contributed by atoms with van der Waals surface area (Å²) in [5, 5.41) is 4.16. The van der Waals surface area contributed by atoms with Gasteiger partial charge in [-0.2, -0.15) is 5.10 Å². The summed E-state index contributed by atoms with van der Waals surface area (Å²) in [7, 11) is -3.63. The average Bonchev–Trinajstić information content (AvgIpc) is 2.91. The van der Waals surface area contributed by atoms with Gasteiger partial charge in [-0.15, -0.1) is 0 Å². The Kier molecular flexibility index (Phi) is 4.77. The number of benzene rings is 1. The predicted molar refractivity (Wildman–Crippen MR) is 76.8 cm³/mol. The highest BCUT2D eigenvalue weighted by atomic mass is 35.5. The minimum absolute atomic E-state index is 0.0526. The maximum Gasteiger partial charge on any atom is 0.242 e. The third-order valence-corrected chi connectivity index (χ3v) is 4.66. The van der Waals surface area contributed by atoms with Crippen molar-refractivity contribution in [3.05, 3.63) is 47.2 Å². The molecule has 8 heteroatoms. The van der Waals surface area contributed by atoms with Crippen LogP contribution in [-0.2, 0) is 23.1 Å². The first kappa shape index (κ1) is 15.0. The van der Waals surface area contributed by atoms with E-state index in [0.29, 0.717) is 13.1 Å². The van der Waals surface area contributed by atoms with Crippen molar-refractivity contribution >= 4 is 21.6 Å². The van der Waals surface area contributed by atoms with E-state index in [1.54, 1.807) is 35.3 Å².